The van der Waals surface area contributed by atoms with Crippen LogP contribution in [0.5, 0.6) is 5.75 Å². The maximum Gasteiger partial charge on any atom is 0.295 e. The molecule has 1 amide bonds. The molecule has 6 heteroatoms. The Balaban J connectivity index is 1.73. The molecule has 0 aliphatic carbocycles. The molecule has 1 fully saturated rings. The van der Waals surface area contributed by atoms with Crippen molar-refractivity contribution in [2.24, 2.45) is 0 Å². The molecule has 1 aliphatic heterocycles. The molecule has 0 bridgehead atoms. The molecular weight excluding hydrogens is 450 g/mol. The van der Waals surface area contributed by atoms with Crippen molar-refractivity contribution in [2.75, 3.05) is 13.2 Å². The van der Waals surface area contributed by atoms with E-state index in [1.165, 1.54) is 4.90 Å². The molecule has 3 aromatic carbocycles. The van der Waals surface area contributed by atoms with Crippen molar-refractivity contribution in [1.82, 2.24) is 4.90 Å². The van der Waals surface area contributed by atoms with Crippen molar-refractivity contribution in [3.63, 3.8) is 0 Å². The first-order chi connectivity index (χ1) is 16.5. The van der Waals surface area contributed by atoms with Crippen LogP contribution < -0.4 is 4.74 Å². The molecule has 3 aromatic rings. The second-order valence-electron chi connectivity index (χ2n) is 8.16. The number of nitrogens with zero attached hydrogens (tertiary/aromatic N) is 1. The fraction of sp³-hybridized carbons (Fsp3) is 0.214. The van der Waals surface area contributed by atoms with Crippen molar-refractivity contribution in [3.8, 4) is 5.75 Å². The van der Waals surface area contributed by atoms with Gasteiger partial charge >= 0.3 is 0 Å². The number of rotatable bonds is 8. The van der Waals surface area contributed by atoms with E-state index in [0.29, 0.717) is 41.5 Å². The number of likely N-dealkylation sites (tertiary alicyclic amines) is 1. The first-order valence-corrected chi connectivity index (χ1v) is 11.7. The van der Waals surface area contributed by atoms with E-state index in [2.05, 4.69) is 0 Å². The van der Waals surface area contributed by atoms with Gasteiger partial charge in [-0.1, -0.05) is 61.0 Å². The molecule has 0 spiro atoms. The SMILES string of the molecule is CCCOc1ccc(C(O)=C2C(=O)C(=O)N(CCc3ccccc3)C2c2cccc(Cl)c2)cc1. The Morgan fingerprint density at radius 3 is 2.41 bits per heavy atom. The summed E-state index contributed by atoms with van der Waals surface area (Å²) < 4.78 is 5.61. The third-order valence-corrected chi connectivity index (χ3v) is 6.02. The van der Waals surface area contributed by atoms with E-state index in [-0.39, 0.29) is 11.3 Å². The number of aliphatic hydroxyl groups is 1. The van der Waals surface area contributed by atoms with E-state index >= 15 is 0 Å². The second-order valence-corrected chi connectivity index (χ2v) is 8.59. The number of Topliss-reactive ketones (excluding diaryl/α,β-unsaturated/α-hetero) is 1. The summed E-state index contributed by atoms with van der Waals surface area (Å²) in [5.41, 5.74) is 2.22. The number of amides is 1. The third kappa shape index (κ3) is 5.00. The molecule has 1 saturated heterocycles. The zero-order valence-corrected chi connectivity index (χ0v) is 19.7. The zero-order valence-electron chi connectivity index (χ0n) is 18.9. The standard InChI is InChI=1S/C28H26ClNO4/c1-2-17-34-23-13-11-20(12-14-23)26(31)24-25(21-9-6-10-22(29)18-21)30(28(33)27(24)32)16-15-19-7-4-3-5-8-19/h3-14,18,25,31H,2,15-17H2,1H3. The molecular formula is C28H26ClNO4. The van der Waals surface area contributed by atoms with Crippen molar-refractivity contribution >= 4 is 29.1 Å². The number of hydrogen-bond donors (Lipinski definition) is 1. The Labute approximate surface area is 204 Å². The summed E-state index contributed by atoms with van der Waals surface area (Å²) >= 11 is 6.24. The second kappa shape index (κ2) is 10.6. The molecule has 0 radical (unpaired) electrons. The van der Waals surface area contributed by atoms with Crippen LogP contribution in [0.15, 0.2) is 84.4 Å². The summed E-state index contributed by atoms with van der Waals surface area (Å²) in [5, 5.41) is 11.7. The zero-order chi connectivity index (χ0) is 24.1. The first-order valence-electron chi connectivity index (χ1n) is 11.3. The normalized spacial score (nSPS) is 17.2. The minimum absolute atomic E-state index is 0.0579. The van der Waals surface area contributed by atoms with Gasteiger partial charge in [0.1, 0.15) is 11.5 Å². The van der Waals surface area contributed by atoms with E-state index in [1.54, 1.807) is 42.5 Å². The van der Waals surface area contributed by atoms with Gasteiger partial charge in [0.2, 0.25) is 0 Å². The van der Waals surface area contributed by atoms with Crippen LogP contribution in [-0.4, -0.2) is 34.8 Å². The number of aliphatic hydroxyl groups excluding tert-OH is 1. The highest BCUT2D eigenvalue weighted by atomic mass is 35.5. The molecule has 1 unspecified atom stereocenters. The van der Waals surface area contributed by atoms with Crippen LogP contribution in [0.4, 0.5) is 0 Å². The summed E-state index contributed by atoms with van der Waals surface area (Å²) in [7, 11) is 0. The lowest BCUT2D eigenvalue weighted by molar-refractivity contribution is -0.139. The molecule has 174 valence electrons. The van der Waals surface area contributed by atoms with E-state index in [1.807, 2.05) is 43.3 Å². The van der Waals surface area contributed by atoms with E-state index in [4.69, 9.17) is 16.3 Å². The van der Waals surface area contributed by atoms with Gasteiger partial charge in [0.15, 0.2) is 0 Å². The topological polar surface area (TPSA) is 66.8 Å². The lowest BCUT2D eigenvalue weighted by Gasteiger charge is -2.25. The number of ether oxygens (including phenoxy) is 1. The van der Waals surface area contributed by atoms with Crippen molar-refractivity contribution in [1.29, 1.82) is 0 Å². The molecule has 1 N–H and O–H groups in total. The Kier molecular flexibility index (Phi) is 7.33. The molecule has 4 rings (SSSR count). The highest BCUT2D eigenvalue weighted by Gasteiger charge is 2.45. The molecule has 5 nitrogen and oxygen atoms in total. The molecule has 34 heavy (non-hydrogen) atoms. The van der Waals surface area contributed by atoms with Crippen molar-refractivity contribution in [3.05, 3.63) is 106 Å². The van der Waals surface area contributed by atoms with Crippen molar-refractivity contribution in [2.45, 2.75) is 25.8 Å². The van der Waals surface area contributed by atoms with Gasteiger partial charge in [-0.15, -0.1) is 0 Å². The smallest absolute Gasteiger partial charge is 0.295 e. The summed E-state index contributed by atoms with van der Waals surface area (Å²) in [6.07, 6.45) is 1.46. The summed E-state index contributed by atoms with van der Waals surface area (Å²) in [6.45, 7) is 2.94. The van der Waals surface area contributed by atoms with Crippen LogP contribution in [0.1, 0.15) is 36.1 Å². The molecule has 1 aliphatic rings. The Hall–Kier alpha value is -3.57. The van der Waals surface area contributed by atoms with Gasteiger partial charge < -0.3 is 14.7 Å². The van der Waals surface area contributed by atoms with Crippen LogP contribution in [0, 0.1) is 0 Å². The average Bonchev–Trinajstić information content (AvgIpc) is 3.11. The minimum Gasteiger partial charge on any atom is -0.507 e. The molecule has 0 aromatic heterocycles. The number of carbonyl (C=O) groups excluding carboxylic acids is 2. The summed E-state index contributed by atoms with van der Waals surface area (Å²) in [5.74, 6) is -0.882. The number of carbonyl (C=O) groups is 2. The predicted molar refractivity (Wildman–Crippen MR) is 133 cm³/mol. The van der Waals surface area contributed by atoms with Gasteiger partial charge in [0.05, 0.1) is 18.2 Å². The number of hydrogen-bond acceptors (Lipinski definition) is 4. The number of benzene rings is 3. The molecule has 0 saturated carbocycles. The van der Waals surface area contributed by atoms with Gasteiger partial charge in [-0.05, 0) is 60.4 Å². The fourth-order valence-corrected chi connectivity index (χ4v) is 4.31. The molecule has 1 heterocycles. The van der Waals surface area contributed by atoms with E-state index in [0.717, 1.165) is 12.0 Å². The highest BCUT2D eigenvalue weighted by molar-refractivity contribution is 6.46. The van der Waals surface area contributed by atoms with Crippen LogP contribution in [-0.2, 0) is 16.0 Å². The van der Waals surface area contributed by atoms with Crippen molar-refractivity contribution < 1.29 is 19.4 Å². The van der Waals surface area contributed by atoms with E-state index in [9.17, 15) is 14.7 Å². The monoisotopic (exact) mass is 475 g/mol. The molecule has 1 atom stereocenters. The van der Waals surface area contributed by atoms with Gasteiger partial charge in [-0.3, -0.25) is 9.59 Å². The van der Waals surface area contributed by atoms with Gasteiger partial charge in [-0.2, -0.15) is 0 Å². The minimum atomic E-state index is -0.738. The fourth-order valence-electron chi connectivity index (χ4n) is 4.11. The lowest BCUT2D eigenvalue weighted by Crippen LogP contribution is -2.31. The maximum atomic E-state index is 13.2. The van der Waals surface area contributed by atoms with Crippen LogP contribution >= 0.6 is 11.6 Å². The number of ketones is 1. The summed E-state index contributed by atoms with van der Waals surface area (Å²) in [4.78, 5) is 27.8. The first kappa shape index (κ1) is 23.6. The number of halogens is 1. The Bertz CT molecular complexity index is 1200. The average molecular weight is 476 g/mol. The predicted octanol–water partition coefficient (Wildman–Crippen LogP) is 5.79. The highest BCUT2D eigenvalue weighted by Crippen LogP contribution is 2.40. The summed E-state index contributed by atoms with van der Waals surface area (Å²) in [6, 6.07) is 22.9. The maximum absolute atomic E-state index is 13.2. The van der Waals surface area contributed by atoms with E-state index < -0.39 is 17.7 Å². The quantitative estimate of drug-likeness (QED) is 0.254. The third-order valence-electron chi connectivity index (χ3n) is 5.79. The van der Waals surface area contributed by atoms with Gasteiger partial charge in [0.25, 0.3) is 11.7 Å². The van der Waals surface area contributed by atoms with Gasteiger partial charge in [0, 0.05) is 17.1 Å². The Morgan fingerprint density at radius 2 is 1.74 bits per heavy atom. The Morgan fingerprint density at radius 1 is 1.00 bits per heavy atom. The lowest BCUT2D eigenvalue weighted by atomic mass is 9.95. The van der Waals surface area contributed by atoms with Crippen LogP contribution in [0.25, 0.3) is 5.76 Å². The van der Waals surface area contributed by atoms with Crippen LogP contribution in [0.3, 0.4) is 0 Å². The largest absolute Gasteiger partial charge is 0.507 e. The van der Waals surface area contributed by atoms with Gasteiger partial charge in [-0.25, -0.2) is 0 Å². The van der Waals surface area contributed by atoms with Crippen LogP contribution in [0.2, 0.25) is 5.02 Å².